The van der Waals surface area contributed by atoms with Crippen LogP contribution in [0.1, 0.15) is 43.7 Å². The number of carbonyl (C=O) groups is 2. The zero-order valence-corrected chi connectivity index (χ0v) is 15.0. The number of carbonyl (C=O) groups excluding carboxylic acids is 1. The minimum absolute atomic E-state index is 0.0324. The third kappa shape index (κ3) is 3.18. The predicted molar refractivity (Wildman–Crippen MR) is 94.8 cm³/mol. The summed E-state index contributed by atoms with van der Waals surface area (Å²) in [5.74, 6) is -0.221. The summed E-state index contributed by atoms with van der Waals surface area (Å²) < 4.78 is 2.09. The highest BCUT2D eigenvalue weighted by molar-refractivity contribution is 5.94. The van der Waals surface area contributed by atoms with E-state index in [-0.39, 0.29) is 23.4 Å². The molecular weight excluding hydrogens is 320 g/mol. The van der Waals surface area contributed by atoms with E-state index >= 15 is 0 Å². The summed E-state index contributed by atoms with van der Waals surface area (Å²) in [5, 5.41) is 12.0. The first-order chi connectivity index (χ1) is 11.7. The third-order valence-corrected chi connectivity index (χ3v) is 4.69. The van der Waals surface area contributed by atoms with Crippen LogP contribution in [0.15, 0.2) is 24.4 Å². The van der Waals surface area contributed by atoms with Crippen LogP contribution in [-0.4, -0.2) is 51.2 Å². The van der Waals surface area contributed by atoms with Gasteiger partial charge in [0.25, 0.3) is 5.91 Å². The van der Waals surface area contributed by atoms with Gasteiger partial charge in [-0.15, -0.1) is 0 Å². The summed E-state index contributed by atoms with van der Waals surface area (Å²) in [6.07, 6.45) is 1.85. The van der Waals surface area contributed by atoms with E-state index in [4.69, 9.17) is 0 Å². The van der Waals surface area contributed by atoms with Crippen molar-refractivity contribution in [1.82, 2.24) is 19.8 Å². The lowest BCUT2D eigenvalue weighted by Crippen LogP contribution is -2.59. The van der Waals surface area contributed by atoms with Crippen molar-refractivity contribution in [2.75, 3.05) is 13.6 Å². The van der Waals surface area contributed by atoms with E-state index in [9.17, 15) is 14.7 Å². The Morgan fingerprint density at radius 1 is 1.32 bits per heavy atom. The summed E-state index contributed by atoms with van der Waals surface area (Å²) in [4.78, 5) is 29.1. The van der Waals surface area contributed by atoms with E-state index in [1.54, 1.807) is 13.1 Å². The van der Waals surface area contributed by atoms with Gasteiger partial charge in [0.2, 0.25) is 0 Å². The van der Waals surface area contributed by atoms with Crippen molar-refractivity contribution in [1.29, 1.82) is 0 Å². The number of carboxylic acid groups (broad SMARTS) is 1. The zero-order valence-electron chi connectivity index (χ0n) is 15.0. The highest BCUT2D eigenvalue weighted by Crippen LogP contribution is 2.39. The highest BCUT2D eigenvalue weighted by Gasteiger charge is 2.44. The van der Waals surface area contributed by atoms with Gasteiger partial charge in [-0.2, -0.15) is 0 Å². The molecule has 7 heteroatoms. The molecule has 0 aromatic carbocycles. The van der Waals surface area contributed by atoms with Crippen molar-refractivity contribution in [2.24, 2.45) is 5.41 Å². The number of amides is 2. The van der Waals surface area contributed by atoms with Crippen molar-refractivity contribution in [3.05, 3.63) is 30.1 Å². The minimum atomic E-state index is -0.873. The molecule has 1 fully saturated rings. The summed E-state index contributed by atoms with van der Waals surface area (Å²) >= 11 is 0. The Labute approximate surface area is 146 Å². The monoisotopic (exact) mass is 344 g/mol. The molecule has 2 amide bonds. The molecule has 25 heavy (non-hydrogen) atoms. The third-order valence-electron chi connectivity index (χ3n) is 4.69. The molecule has 2 N–H and O–H groups in total. The Kier molecular flexibility index (Phi) is 4.18. The molecule has 0 aliphatic carbocycles. The molecule has 0 radical (unpaired) electrons. The Bertz CT molecular complexity index is 821. The maximum absolute atomic E-state index is 11.7. The Balaban J connectivity index is 1.93. The van der Waals surface area contributed by atoms with Crippen LogP contribution >= 0.6 is 0 Å². The number of pyridine rings is 1. The largest absolute Gasteiger partial charge is 0.465 e. The van der Waals surface area contributed by atoms with Crippen LogP contribution in [-0.2, 0) is 0 Å². The first-order valence-corrected chi connectivity index (χ1v) is 8.40. The van der Waals surface area contributed by atoms with E-state index in [0.717, 1.165) is 17.5 Å². The van der Waals surface area contributed by atoms with Crippen LogP contribution < -0.4 is 5.32 Å². The fourth-order valence-corrected chi connectivity index (χ4v) is 3.48. The van der Waals surface area contributed by atoms with Gasteiger partial charge in [0.05, 0.1) is 23.1 Å². The van der Waals surface area contributed by atoms with Gasteiger partial charge < -0.3 is 19.9 Å². The molecule has 7 nitrogen and oxygen atoms in total. The number of fused-ring (bicyclic) bond motifs is 1. The number of nitrogens with zero attached hydrogens (tertiary/aromatic N) is 3. The standard InChI is InChI=1S/C18H24N4O3/c1-18(2,3)9-14-15(10-22(14)17(24)25)21-8-7-11-13(21)6-5-12(20-11)16(23)19-4/h5-8,14-15H,9-10H2,1-4H3,(H,19,23)(H,24,25)/t14-,15+/m1/s1. The number of nitrogens with one attached hydrogen (secondary N) is 1. The highest BCUT2D eigenvalue weighted by atomic mass is 16.4. The van der Waals surface area contributed by atoms with E-state index in [1.165, 1.54) is 4.90 Å². The summed E-state index contributed by atoms with van der Waals surface area (Å²) in [5.41, 5.74) is 2.07. The van der Waals surface area contributed by atoms with Crippen LogP contribution in [0.5, 0.6) is 0 Å². The lowest BCUT2D eigenvalue weighted by Gasteiger charge is -2.49. The predicted octanol–water partition coefficient (Wildman–Crippen LogP) is 2.74. The second kappa shape index (κ2) is 6.06. The van der Waals surface area contributed by atoms with E-state index in [2.05, 4.69) is 35.6 Å². The van der Waals surface area contributed by atoms with Gasteiger partial charge in [-0.1, -0.05) is 20.8 Å². The van der Waals surface area contributed by atoms with Crippen molar-refractivity contribution < 1.29 is 14.7 Å². The lowest BCUT2D eigenvalue weighted by atomic mass is 9.80. The number of likely N-dealkylation sites (tertiary alicyclic amines) is 1. The van der Waals surface area contributed by atoms with Gasteiger partial charge in [0.1, 0.15) is 5.69 Å². The van der Waals surface area contributed by atoms with Crippen molar-refractivity contribution >= 4 is 23.0 Å². The van der Waals surface area contributed by atoms with Gasteiger partial charge in [-0.25, -0.2) is 9.78 Å². The van der Waals surface area contributed by atoms with E-state index < -0.39 is 6.09 Å². The van der Waals surface area contributed by atoms with Gasteiger partial charge in [0.15, 0.2) is 0 Å². The Hall–Kier alpha value is -2.57. The maximum atomic E-state index is 11.7. The molecule has 0 unspecified atom stereocenters. The number of hydrogen-bond donors (Lipinski definition) is 2. The maximum Gasteiger partial charge on any atom is 0.407 e. The SMILES string of the molecule is CNC(=O)c1ccc2c(ccn2[C@H]2CN(C(=O)O)[C@@H]2CC(C)(C)C)n1. The van der Waals surface area contributed by atoms with Gasteiger partial charge in [0, 0.05) is 19.8 Å². The lowest BCUT2D eigenvalue weighted by molar-refractivity contribution is 0.0107. The van der Waals surface area contributed by atoms with Crippen LogP contribution in [0.4, 0.5) is 4.79 Å². The second-order valence-corrected chi connectivity index (χ2v) is 7.74. The van der Waals surface area contributed by atoms with Gasteiger partial charge >= 0.3 is 6.09 Å². The molecule has 2 atom stereocenters. The molecule has 0 bridgehead atoms. The van der Waals surface area contributed by atoms with Crippen molar-refractivity contribution in [2.45, 2.75) is 39.3 Å². The normalized spacial score (nSPS) is 20.4. The average molecular weight is 344 g/mol. The molecule has 3 rings (SSSR count). The first-order valence-electron chi connectivity index (χ1n) is 8.40. The Morgan fingerprint density at radius 2 is 2.04 bits per heavy atom. The second-order valence-electron chi connectivity index (χ2n) is 7.74. The fraction of sp³-hybridized carbons (Fsp3) is 0.500. The molecule has 1 aliphatic rings. The number of aromatic nitrogens is 2. The molecule has 2 aromatic rings. The summed E-state index contributed by atoms with van der Waals surface area (Å²) in [6.45, 7) is 6.82. The quantitative estimate of drug-likeness (QED) is 0.896. The molecular formula is C18H24N4O3. The topological polar surface area (TPSA) is 87.5 Å². The van der Waals surface area contributed by atoms with E-state index in [0.29, 0.717) is 12.2 Å². The zero-order chi connectivity index (χ0) is 18.4. The number of hydrogen-bond acceptors (Lipinski definition) is 3. The Morgan fingerprint density at radius 3 is 2.64 bits per heavy atom. The van der Waals surface area contributed by atoms with Crippen LogP contribution in [0, 0.1) is 5.41 Å². The van der Waals surface area contributed by atoms with Crippen LogP contribution in [0.3, 0.4) is 0 Å². The summed E-state index contributed by atoms with van der Waals surface area (Å²) in [6, 6.07) is 5.47. The minimum Gasteiger partial charge on any atom is -0.465 e. The van der Waals surface area contributed by atoms with Crippen molar-refractivity contribution in [3.63, 3.8) is 0 Å². The smallest absolute Gasteiger partial charge is 0.407 e. The molecule has 3 heterocycles. The molecule has 0 saturated carbocycles. The van der Waals surface area contributed by atoms with Gasteiger partial charge in [-0.05, 0) is 30.0 Å². The number of rotatable bonds is 3. The van der Waals surface area contributed by atoms with Crippen LogP contribution in [0.25, 0.3) is 11.0 Å². The fourth-order valence-electron chi connectivity index (χ4n) is 3.48. The van der Waals surface area contributed by atoms with Crippen molar-refractivity contribution in [3.8, 4) is 0 Å². The first kappa shape index (κ1) is 17.3. The van der Waals surface area contributed by atoms with Crippen LogP contribution in [0.2, 0.25) is 0 Å². The molecule has 2 aromatic heterocycles. The molecule has 1 saturated heterocycles. The summed E-state index contributed by atoms with van der Waals surface area (Å²) in [7, 11) is 1.57. The molecule has 0 spiro atoms. The molecule has 1 aliphatic heterocycles. The molecule has 134 valence electrons. The average Bonchev–Trinajstić information content (AvgIpc) is 2.92. The van der Waals surface area contributed by atoms with E-state index in [1.807, 2.05) is 18.3 Å². The van der Waals surface area contributed by atoms with Gasteiger partial charge in [-0.3, -0.25) is 4.79 Å².